The summed E-state index contributed by atoms with van der Waals surface area (Å²) in [6.07, 6.45) is 0.0822. The molecule has 2 aromatic rings. The van der Waals surface area contributed by atoms with Gasteiger partial charge in [0.2, 0.25) is 11.8 Å². The number of carbonyl (C=O) groups excluding carboxylic acids is 3. The number of benzene rings is 2. The van der Waals surface area contributed by atoms with Crippen molar-refractivity contribution in [2.45, 2.75) is 20.3 Å². The van der Waals surface area contributed by atoms with Crippen LogP contribution in [0.5, 0.6) is 0 Å². The van der Waals surface area contributed by atoms with E-state index in [2.05, 4.69) is 21.3 Å². The molecule has 0 heterocycles. The van der Waals surface area contributed by atoms with Crippen LogP contribution >= 0.6 is 0 Å². The van der Waals surface area contributed by atoms with E-state index in [1.165, 1.54) is 0 Å². The number of nitrogens with one attached hydrogen (secondary N) is 4. The molecule has 142 valence electrons. The number of hydrogen-bond acceptors (Lipinski definition) is 3. The van der Waals surface area contributed by atoms with Gasteiger partial charge in [0, 0.05) is 24.3 Å². The van der Waals surface area contributed by atoms with Crippen LogP contribution in [0.1, 0.15) is 17.5 Å². The van der Waals surface area contributed by atoms with E-state index >= 15 is 0 Å². The third-order valence-corrected chi connectivity index (χ3v) is 3.86. The molecular weight excluding hydrogens is 344 g/mol. The molecule has 0 bridgehead atoms. The molecule has 27 heavy (non-hydrogen) atoms. The van der Waals surface area contributed by atoms with E-state index in [1.54, 1.807) is 12.1 Å². The van der Waals surface area contributed by atoms with Crippen LogP contribution < -0.4 is 21.3 Å². The fraction of sp³-hybridized carbons (Fsp3) is 0.250. The van der Waals surface area contributed by atoms with Gasteiger partial charge in [-0.25, -0.2) is 4.79 Å². The summed E-state index contributed by atoms with van der Waals surface area (Å²) < 4.78 is 0. The first-order chi connectivity index (χ1) is 13.0. The van der Waals surface area contributed by atoms with E-state index in [-0.39, 0.29) is 37.4 Å². The third kappa shape index (κ3) is 6.81. The molecule has 4 amide bonds. The van der Waals surface area contributed by atoms with Gasteiger partial charge < -0.3 is 21.3 Å². The molecule has 7 nitrogen and oxygen atoms in total. The van der Waals surface area contributed by atoms with Gasteiger partial charge in [-0.05, 0) is 37.1 Å². The van der Waals surface area contributed by atoms with Crippen LogP contribution in [-0.4, -0.2) is 30.9 Å². The molecule has 7 heteroatoms. The Hall–Kier alpha value is -3.35. The van der Waals surface area contributed by atoms with E-state index in [4.69, 9.17) is 0 Å². The standard InChI is InChI=1S/C20H24N4O3/c1-14-7-6-8-15(2)19(14)24-18(26)13-22-17(25)11-12-21-20(27)23-16-9-4-3-5-10-16/h3-10H,11-13H2,1-2H3,(H,22,25)(H,24,26)(H2,21,23,27). The number of anilines is 2. The first-order valence-corrected chi connectivity index (χ1v) is 8.68. The molecule has 0 radical (unpaired) electrons. The van der Waals surface area contributed by atoms with Gasteiger partial charge in [0.1, 0.15) is 0 Å². The van der Waals surface area contributed by atoms with Crippen LogP contribution in [0.3, 0.4) is 0 Å². The van der Waals surface area contributed by atoms with Crippen LogP contribution in [0.2, 0.25) is 0 Å². The summed E-state index contributed by atoms with van der Waals surface area (Å²) in [4.78, 5) is 35.5. The third-order valence-electron chi connectivity index (χ3n) is 3.86. The zero-order valence-corrected chi connectivity index (χ0v) is 15.5. The van der Waals surface area contributed by atoms with Crippen LogP contribution in [0, 0.1) is 13.8 Å². The largest absolute Gasteiger partial charge is 0.347 e. The van der Waals surface area contributed by atoms with Crippen LogP contribution in [0.4, 0.5) is 16.2 Å². The molecule has 0 unspecified atom stereocenters. The minimum absolute atomic E-state index is 0.0822. The molecule has 0 fully saturated rings. The fourth-order valence-corrected chi connectivity index (χ4v) is 2.45. The summed E-state index contributed by atoms with van der Waals surface area (Å²) >= 11 is 0. The number of urea groups is 1. The Labute approximate surface area is 158 Å². The Bertz CT molecular complexity index is 786. The summed E-state index contributed by atoms with van der Waals surface area (Å²) in [7, 11) is 0. The van der Waals surface area contributed by atoms with Crippen molar-refractivity contribution < 1.29 is 14.4 Å². The van der Waals surface area contributed by atoms with Crippen molar-refractivity contribution in [2.75, 3.05) is 23.7 Å². The van der Waals surface area contributed by atoms with E-state index < -0.39 is 0 Å². The highest BCUT2D eigenvalue weighted by Gasteiger charge is 2.09. The molecular formula is C20H24N4O3. The van der Waals surface area contributed by atoms with E-state index in [1.807, 2.05) is 50.2 Å². The highest BCUT2D eigenvalue weighted by atomic mass is 16.2. The summed E-state index contributed by atoms with van der Waals surface area (Å²) in [6.45, 7) is 3.87. The molecule has 0 spiro atoms. The minimum atomic E-state index is -0.387. The Morgan fingerprint density at radius 1 is 0.778 bits per heavy atom. The van der Waals surface area contributed by atoms with Crippen molar-refractivity contribution >= 4 is 29.2 Å². The van der Waals surface area contributed by atoms with Crippen molar-refractivity contribution in [3.8, 4) is 0 Å². The van der Waals surface area contributed by atoms with Crippen molar-refractivity contribution in [3.63, 3.8) is 0 Å². The van der Waals surface area contributed by atoms with E-state index in [9.17, 15) is 14.4 Å². The smallest absolute Gasteiger partial charge is 0.319 e. The lowest BCUT2D eigenvalue weighted by Gasteiger charge is -2.12. The van der Waals surface area contributed by atoms with Crippen LogP contribution in [-0.2, 0) is 9.59 Å². The second-order valence-electron chi connectivity index (χ2n) is 6.09. The second kappa shape index (κ2) is 9.96. The maximum atomic E-state index is 12.0. The average molecular weight is 368 g/mol. The van der Waals surface area contributed by atoms with Gasteiger partial charge in [-0.2, -0.15) is 0 Å². The predicted octanol–water partition coefficient (Wildman–Crippen LogP) is 2.57. The number of hydrogen-bond donors (Lipinski definition) is 4. The van der Waals surface area contributed by atoms with Gasteiger partial charge >= 0.3 is 6.03 Å². The molecule has 0 aliphatic heterocycles. The predicted molar refractivity (Wildman–Crippen MR) is 106 cm³/mol. The van der Waals surface area contributed by atoms with Crippen LogP contribution in [0.25, 0.3) is 0 Å². The van der Waals surface area contributed by atoms with E-state index in [0.29, 0.717) is 5.69 Å². The molecule has 0 aliphatic carbocycles. The zero-order chi connectivity index (χ0) is 19.6. The molecule has 0 saturated heterocycles. The molecule has 0 atom stereocenters. The highest BCUT2D eigenvalue weighted by Crippen LogP contribution is 2.18. The van der Waals surface area contributed by atoms with Gasteiger partial charge in [-0.3, -0.25) is 9.59 Å². The normalized spacial score (nSPS) is 10.0. The lowest BCUT2D eigenvalue weighted by molar-refractivity contribution is -0.124. The van der Waals surface area contributed by atoms with E-state index in [0.717, 1.165) is 16.8 Å². The molecule has 0 aliphatic rings. The van der Waals surface area contributed by atoms with Crippen molar-refractivity contribution in [1.29, 1.82) is 0 Å². The first-order valence-electron chi connectivity index (χ1n) is 8.68. The quantitative estimate of drug-likeness (QED) is 0.604. The molecule has 0 saturated carbocycles. The lowest BCUT2D eigenvalue weighted by Crippen LogP contribution is -2.36. The SMILES string of the molecule is Cc1cccc(C)c1NC(=O)CNC(=O)CCNC(=O)Nc1ccccc1. The fourth-order valence-electron chi connectivity index (χ4n) is 2.45. The zero-order valence-electron chi connectivity index (χ0n) is 15.5. The Balaban J connectivity index is 1.65. The number of para-hydroxylation sites is 2. The van der Waals surface area contributed by atoms with Gasteiger partial charge in [-0.15, -0.1) is 0 Å². The molecule has 2 aromatic carbocycles. The highest BCUT2D eigenvalue weighted by molar-refractivity contribution is 5.95. The van der Waals surface area contributed by atoms with Crippen LogP contribution in [0.15, 0.2) is 48.5 Å². The van der Waals surface area contributed by atoms with Crippen molar-refractivity contribution in [1.82, 2.24) is 10.6 Å². The Morgan fingerprint density at radius 2 is 1.44 bits per heavy atom. The molecule has 2 rings (SSSR count). The van der Waals surface area contributed by atoms with Gasteiger partial charge in [-0.1, -0.05) is 36.4 Å². The number of carbonyl (C=O) groups is 3. The summed E-state index contributed by atoms with van der Waals surface area (Å²) in [6, 6.07) is 14.4. The second-order valence-corrected chi connectivity index (χ2v) is 6.09. The summed E-state index contributed by atoms with van der Waals surface area (Å²) in [5.74, 6) is -0.609. The maximum Gasteiger partial charge on any atom is 0.319 e. The lowest BCUT2D eigenvalue weighted by atomic mass is 10.1. The molecule has 4 N–H and O–H groups in total. The molecule has 0 aromatic heterocycles. The van der Waals surface area contributed by atoms with Gasteiger partial charge in [0.15, 0.2) is 0 Å². The minimum Gasteiger partial charge on any atom is -0.347 e. The van der Waals surface area contributed by atoms with Crippen molar-refractivity contribution in [3.05, 3.63) is 59.7 Å². The summed E-state index contributed by atoms with van der Waals surface area (Å²) in [5.41, 5.74) is 3.35. The van der Waals surface area contributed by atoms with Gasteiger partial charge in [0.25, 0.3) is 0 Å². The maximum absolute atomic E-state index is 12.0. The Kier molecular flexibility index (Phi) is 7.37. The van der Waals surface area contributed by atoms with Crippen molar-refractivity contribution in [2.24, 2.45) is 0 Å². The number of aryl methyl sites for hydroxylation is 2. The topological polar surface area (TPSA) is 99.3 Å². The summed E-state index contributed by atoms with van der Waals surface area (Å²) in [5, 5.41) is 10.6. The number of rotatable bonds is 7. The number of amides is 4. The van der Waals surface area contributed by atoms with Gasteiger partial charge in [0.05, 0.1) is 6.54 Å². The average Bonchev–Trinajstić information content (AvgIpc) is 2.64. The monoisotopic (exact) mass is 368 g/mol. The Morgan fingerprint density at radius 3 is 2.11 bits per heavy atom. The first kappa shape index (κ1) is 20.0.